The average molecular weight is 247 g/mol. The minimum absolute atomic E-state index is 0.356. The predicted octanol–water partition coefficient (Wildman–Crippen LogP) is 3.86. The molecular formula is C17H11O2. The molecular weight excluding hydrogens is 236 g/mol. The van der Waals surface area contributed by atoms with Gasteiger partial charge < -0.3 is 4.74 Å². The molecule has 0 heterocycles. The molecule has 0 aliphatic rings. The molecule has 3 aromatic rings. The van der Waals surface area contributed by atoms with Crippen LogP contribution >= 0.6 is 0 Å². The Bertz CT molecular complexity index is 712. The quantitative estimate of drug-likeness (QED) is 0.507. The highest BCUT2D eigenvalue weighted by Crippen LogP contribution is 2.25. The van der Waals surface area contributed by atoms with Crippen molar-refractivity contribution in [1.82, 2.24) is 0 Å². The molecule has 0 N–H and O–H groups in total. The molecule has 19 heavy (non-hydrogen) atoms. The summed E-state index contributed by atoms with van der Waals surface area (Å²) in [6.45, 7) is 0. The third-order valence-corrected chi connectivity index (χ3v) is 2.91. The van der Waals surface area contributed by atoms with Gasteiger partial charge in [0.05, 0.1) is 5.56 Å². The third-order valence-electron chi connectivity index (χ3n) is 2.91. The highest BCUT2D eigenvalue weighted by atomic mass is 16.5. The van der Waals surface area contributed by atoms with E-state index in [0.717, 1.165) is 10.8 Å². The normalized spacial score (nSPS) is 10.3. The van der Waals surface area contributed by atoms with Crippen LogP contribution in [0.15, 0.2) is 66.7 Å². The summed E-state index contributed by atoms with van der Waals surface area (Å²) < 4.78 is 5.46. The Kier molecular flexibility index (Phi) is 2.99. The number of carbonyl (C=O) groups is 1. The fraction of sp³-hybridized carbons (Fsp3) is 0. The summed E-state index contributed by atoms with van der Waals surface area (Å²) in [5, 5.41) is 1.98. The van der Waals surface area contributed by atoms with Gasteiger partial charge in [-0.05, 0) is 29.7 Å². The molecule has 0 saturated heterocycles. The van der Waals surface area contributed by atoms with E-state index in [1.807, 2.05) is 36.4 Å². The van der Waals surface area contributed by atoms with Gasteiger partial charge in [-0.3, -0.25) is 0 Å². The molecule has 0 atom stereocenters. The number of benzene rings is 3. The number of ether oxygens (including phenoxy) is 1. The van der Waals surface area contributed by atoms with E-state index in [4.69, 9.17) is 4.74 Å². The fourth-order valence-electron chi connectivity index (χ4n) is 1.97. The van der Waals surface area contributed by atoms with Crippen molar-refractivity contribution in [1.29, 1.82) is 0 Å². The minimum Gasteiger partial charge on any atom is -0.422 e. The van der Waals surface area contributed by atoms with Gasteiger partial charge in [-0.25, -0.2) is 4.79 Å². The lowest BCUT2D eigenvalue weighted by molar-refractivity contribution is 0.0737. The third kappa shape index (κ3) is 2.33. The monoisotopic (exact) mass is 247 g/mol. The molecule has 0 fully saturated rings. The highest BCUT2D eigenvalue weighted by Gasteiger charge is 2.09. The van der Waals surface area contributed by atoms with E-state index in [1.165, 1.54) is 0 Å². The van der Waals surface area contributed by atoms with Gasteiger partial charge >= 0.3 is 5.97 Å². The van der Waals surface area contributed by atoms with Crippen LogP contribution in [-0.2, 0) is 0 Å². The van der Waals surface area contributed by atoms with Gasteiger partial charge in [-0.15, -0.1) is 0 Å². The van der Waals surface area contributed by atoms with Crippen molar-refractivity contribution in [3.05, 3.63) is 78.4 Å². The van der Waals surface area contributed by atoms with Crippen LogP contribution in [0.3, 0.4) is 0 Å². The summed E-state index contributed by atoms with van der Waals surface area (Å²) in [6.07, 6.45) is 0. The molecule has 0 amide bonds. The van der Waals surface area contributed by atoms with Crippen LogP contribution in [0.2, 0.25) is 0 Å². The molecule has 0 aromatic heterocycles. The van der Waals surface area contributed by atoms with Gasteiger partial charge in [0.1, 0.15) is 5.75 Å². The van der Waals surface area contributed by atoms with Crippen LogP contribution in [0.1, 0.15) is 10.4 Å². The molecule has 0 spiro atoms. The summed E-state index contributed by atoms with van der Waals surface area (Å²) in [4.78, 5) is 12.0. The number of rotatable bonds is 2. The van der Waals surface area contributed by atoms with E-state index in [2.05, 4.69) is 6.07 Å². The van der Waals surface area contributed by atoms with E-state index in [-0.39, 0.29) is 5.97 Å². The van der Waals surface area contributed by atoms with Crippen LogP contribution in [0, 0.1) is 6.07 Å². The predicted molar refractivity (Wildman–Crippen MR) is 74.2 cm³/mol. The zero-order chi connectivity index (χ0) is 13.1. The van der Waals surface area contributed by atoms with Crippen molar-refractivity contribution in [2.24, 2.45) is 0 Å². The second-order valence-electron chi connectivity index (χ2n) is 4.16. The summed E-state index contributed by atoms with van der Waals surface area (Å²) in [6, 6.07) is 23.1. The first-order valence-electron chi connectivity index (χ1n) is 6.01. The summed E-state index contributed by atoms with van der Waals surface area (Å²) in [7, 11) is 0. The Balaban J connectivity index is 1.96. The van der Waals surface area contributed by atoms with E-state index in [9.17, 15) is 4.79 Å². The SMILES string of the molecule is O=C(Oc1cccc2ccccc12)c1cc[c]cc1. The topological polar surface area (TPSA) is 26.3 Å². The van der Waals surface area contributed by atoms with Gasteiger partial charge in [0.2, 0.25) is 0 Å². The summed E-state index contributed by atoms with van der Waals surface area (Å²) in [5.74, 6) is 0.223. The van der Waals surface area contributed by atoms with Gasteiger partial charge in [-0.1, -0.05) is 48.5 Å². The lowest BCUT2D eigenvalue weighted by Crippen LogP contribution is -2.08. The molecule has 2 heteroatoms. The number of hydrogen-bond acceptors (Lipinski definition) is 2. The smallest absolute Gasteiger partial charge is 0.343 e. The Morgan fingerprint density at radius 2 is 1.63 bits per heavy atom. The Morgan fingerprint density at radius 3 is 2.47 bits per heavy atom. The molecule has 3 rings (SSSR count). The number of esters is 1. The van der Waals surface area contributed by atoms with Gasteiger partial charge in [0.15, 0.2) is 0 Å². The average Bonchev–Trinajstić information content (AvgIpc) is 2.48. The first-order valence-corrected chi connectivity index (χ1v) is 6.01. The zero-order valence-corrected chi connectivity index (χ0v) is 10.2. The molecule has 3 aromatic carbocycles. The van der Waals surface area contributed by atoms with Crippen LogP contribution in [0.4, 0.5) is 0 Å². The van der Waals surface area contributed by atoms with Gasteiger partial charge in [0, 0.05) is 5.39 Å². The lowest BCUT2D eigenvalue weighted by atomic mass is 10.1. The molecule has 2 nitrogen and oxygen atoms in total. The number of fused-ring (bicyclic) bond motifs is 1. The Hall–Kier alpha value is -2.61. The van der Waals surface area contributed by atoms with Gasteiger partial charge in [-0.2, -0.15) is 0 Å². The van der Waals surface area contributed by atoms with E-state index in [1.54, 1.807) is 30.3 Å². The Labute approximate surface area is 111 Å². The van der Waals surface area contributed by atoms with Crippen molar-refractivity contribution in [2.45, 2.75) is 0 Å². The maximum Gasteiger partial charge on any atom is 0.343 e. The van der Waals surface area contributed by atoms with Gasteiger partial charge in [0.25, 0.3) is 0 Å². The van der Waals surface area contributed by atoms with Crippen LogP contribution in [-0.4, -0.2) is 5.97 Å². The molecule has 0 aliphatic heterocycles. The Morgan fingerprint density at radius 1 is 0.895 bits per heavy atom. The van der Waals surface area contributed by atoms with Crippen LogP contribution < -0.4 is 4.74 Å². The van der Waals surface area contributed by atoms with E-state index < -0.39 is 0 Å². The van der Waals surface area contributed by atoms with Crippen molar-refractivity contribution in [3.63, 3.8) is 0 Å². The van der Waals surface area contributed by atoms with Crippen molar-refractivity contribution in [2.75, 3.05) is 0 Å². The summed E-state index contributed by atoms with van der Waals surface area (Å²) >= 11 is 0. The standard InChI is InChI=1S/C17H11O2/c18-17(14-8-2-1-3-9-14)19-16-12-6-10-13-7-4-5-11-15(13)16/h2-12H. The molecule has 0 aliphatic carbocycles. The summed E-state index contributed by atoms with van der Waals surface area (Å²) in [5.41, 5.74) is 0.520. The zero-order valence-electron chi connectivity index (χ0n) is 10.2. The fourth-order valence-corrected chi connectivity index (χ4v) is 1.97. The second-order valence-corrected chi connectivity index (χ2v) is 4.16. The molecule has 91 valence electrons. The highest BCUT2D eigenvalue weighted by molar-refractivity contribution is 5.95. The second kappa shape index (κ2) is 4.94. The maximum absolute atomic E-state index is 12.0. The van der Waals surface area contributed by atoms with Crippen molar-refractivity contribution in [3.8, 4) is 5.75 Å². The largest absolute Gasteiger partial charge is 0.422 e. The number of hydrogen-bond donors (Lipinski definition) is 0. The van der Waals surface area contributed by atoms with Crippen LogP contribution in [0.25, 0.3) is 10.8 Å². The van der Waals surface area contributed by atoms with Crippen molar-refractivity contribution >= 4 is 16.7 Å². The molecule has 1 radical (unpaired) electrons. The number of carbonyl (C=O) groups excluding carboxylic acids is 1. The first kappa shape index (κ1) is 11.5. The van der Waals surface area contributed by atoms with E-state index >= 15 is 0 Å². The minimum atomic E-state index is -0.356. The molecule has 0 unspecified atom stereocenters. The molecule has 0 saturated carbocycles. The van der Waals surface area contributed by atoms with Crippen LogP contribution in [0.5, 0.6) is 5.75 Å². The first-order chi connectivity index (χ1) is 9.34. The molecule has 0 bridgehead atoms. The van der Waals surface area contributed by atoms with Crippen molar-refractivity contribution < 1.29 is 9.53 Å². The maximum atomic E-state index is 12.0. The lowest BCUT2D eigenvalue weighted by Gasteiger charge is -2.07. The van der Waals surface area contributed by atoms with E-state index in [0.29, 0.717) is 11.3 Å².